The van der Waals surface area contributed by atoms with E-state index in [4.69, 9.17) is 4.74 Å². The van der Waals surface area contributed by atoms with Crippen LogP contribution in [0.1, 0.15) is 6.42 Å². The van der Waals surface area contributed by atoms with Crippen LogP contribution in [0.4, 0.5) is 5.82 Å². The second-order valence-electron chi connectivity index (χ2n) is 4.49. The maximum absolute atomic E-state index is 5.34. The number of ether oxygens (including phenoxy) is 1. The van der Waals surface area contributed by atoms with E-state index in [1.807, 2.05) is 24.3 Å². The van der Waals surface area contributed by atoms with Gasteiger partial charge in [0.1, 0.15) is 5.82 Å². The zero-order chi connectivity index (χ0) is 12.2. The number of rotatable bonds is 4. The van der Waals surface area contributed by atoms with Crippen molar-refractivity contribution in [3.05, 3.63) is 30.5 Å². The molecule has 3 heterocycles. The number of nitrogens with one attached hydrogen (secondary N) is 2. The van der Waals surface area contributed by atoms with E-state index in [1.165, 1.54) is 0 Å². The van der Waals surface area contributed by atoms with Gasteiger partial charge in [0, 0.05) is 31.3 Å². The van der Waals surface area contributed by atoms with Gasteiger partial charge in [-0.1, -0.05) is 6.07 Å². The first-order valence-corrected chi connectivity index (χ1v) is 6.20. The molecule has 5 heteroatoms. The van der Waals surface area contributed by atoms with Gasteiger partial charge in [-0.2, -0.15) is 5.10 Å². The van der Waals surface area contributed by atoms with E-state index in [2.05, 4.69) is 20.5 Å². The van der Waals surface area contributed by atoms with Crippen molar-refractivity contribution in [1.82, 2.24) is 15.2 Å². The first-order chi connectivity index (χ1) is 8.92. The normalized spacial score (nSPS) is 19.0. The van der Waals surface area contributed by atoms with Gasteiger partial charge in [0.15, 0.2) is 0 Å². The van der Waals surface area contributed by atoms with E-state index in [1.54, 1.807) is 6.20 Å². The summed E-state index contributed by atoms with van der Waals surface area (Å²) in [6.07, 6.45) is 2.91. The molecule has 0 spiro atoms. The van der Waals surface area contributed by atoms with E-state index in [0.717, 1.165) is 43.4 Å². The summed E-state index contributed by atoms with van der Waals surface area (Å²) >= 11 is 0. The molecular weight excluding hydrogens is 228 g/mol. The van der Waals surface area contributed by atoms with Crippen LogP contribution in [-0.4, -0.2) is 34.9 Å². The highest BCUT2D eigenvalue weighted by Gasteiger charge is 2.15. The lowest BCUT2D eigenvalue weighted by Crippen LogP contribution is -2.14. The average Bonchev–Trinajstić information content (AvgIpc) is 3.09. The van der Waals surface area contributed by atoms with Gasteiger partial charge in [-0.05, 0) is 18.6 Å². The van der Waals surface area contributed by atoms with Gasteiger partial charge >= 0.3 is 0 Å². The number of aromatic amines is 1. The fraction of sp³-hybridized carbons (Fsp3) is 0.385. The Morgan fingerprint density at radius 1 is 1.44 bits per heavy atom. The highest BCUT2D eigenvalue weighted by atomic mass is 16.5. The van der Waals surface area contributed by atoms with Gasteiger partial charge in [0.25, 0.3) is 0 Å². The molecule has 18 heavy (non-hydrogen) atoms. The Kier molecular flexibility index (Phi) is 3.23. The molecule has 0 aliphatic carbocycles. The fourth-order valence-corrected chi connectivity index (χ4v) is 2.06. The molecule has 0 saturated carbocycles. The number of hydrogen-bond acceptors (Lipinski definition) is 4. The van der Waals surface area contributed by atoms with Gasteiger partial charge in [-0.15, -0.1) is 0 Å². The predicted molar refractivity (Wildman–Crippen MR) is 69.2 cm³/mol. The van der Waals surface area contributed by atoms with Crippen LogP contribution in [0, 0.1) is 5.92 Å². The molecule has 0 bridgehead atoms. The number of aromatic nitrogens is 3. The van der Waals surface area contributed by atoms with E-state index >= 15 is 0 Å². The smallest absolute Gasteiger partial charge is 0.148 e. The Balaban J connectivity index is 1.63. The maximum Gasteiger partial charge on any atom is 0.148 e. The SMILES string of the molecule is c1ccc(-c2cc(NC[C@@H]3CCOC3)n[nH]2)nc1. The van der Waals surface area contributed by atoms with Crippen molar-refractivity contribution in [2.75, 3.05) is 25.1 Å². The van der Waals surface area contributed by atoms with Crippen LogP contribution in [-0.2, 0) is 4.74 Å². The highest BCUT2D eigenvalue weighted by molar-refractivity contribution is 5.58. The minimum Gasteiger partial charge on any atom is -0.381 e. The number of nitrogens with zero attached hydrogens (tertiary/aromatic N) is 2. The van der Waals surface area contributed by atoms with E-state index in [0.29, 0.717) is 5.92 Å². The number of H-pyrrole nitrogens is 1. The largest absolute Gasteiger partial charge is 0.381 e. The highest BCUT2D eigenvalue weighted by Crippen LogP contribution is 2.18. The third-order valence-electron chi connectivity index (χ3n) is 3.11. The fourth-order valence-electron chi connectivity index (χ4n) is 2.06. The first kappa shape index (κ1) is 11.2. The van der Waals surface area contributed by atoms with Gasteiger partial charge < -0.3 is 10.1 Å². The number of anilines is 1. The van der Waals surface area contributed by atoms with Crippen molar-refractivity contribution in [1.29, 1.82) is 0 Å². The molecule has 2 aromatic rings. The quantitative estimate of drug-likeness (QED) is 0.862. The molecule has 1 saturated heterocycles. The van der Waals surface area contributed by atoms with Crippen LogP contribution in [0.2, 0.25) is 0 Å². The maximum atomic E-state index is 5.34. The third-order valence-corrected chi connectivity index (χ3v) is 3.11. The molecule has 94 valence electrons. The van der Waals surface area contributed by atoms with Crippen LogP contribution in [0.25, 0.3) is 11.4 Å². The van der Waals surface area contributed by atoms with Crippen molar-refractivity contribution < 1.29 is 4.74 Å². The van der Waals surface area contributed by atoms with Crippen molar-refractivity contribution >= 4 is 5.82 Å². The number of pyridine rings is 1. The van der Waals surface area contributed by atoms with Crippen molar-refractivity contribution in [2.45, 2.75) is 6.42 Å². The summed E-state index contributed by atoms with van der Waals surface area (Å²) in [6.45, 7) is 2.64. The zero-order valence-electron chi connectivity index (χ0n) is 10.1. The lowest BCUT2D eigenvalue weighted by molar-refractivity contribution is 0.187. The molecule has 1 aliphatic heterocycles. The molecule has 1 fully saturated rings. The summed E-state index contributed by atoms with van der Waals surface area (Å²) in [6, 6.07) is 7.81. The van der Waals surface area contributed by atoms with E-state index in [9.17, 15) is 0 Å². The van der Waals surface area contributed by atoms with Crippen LogP contribution in [0.5, 0.6) is 0 Å². The molecule has 0 radical (unpaired) electrons. The molecule has 3 rings (SSSR count). The second-order valence-corrected chi connectivity index (χ2v) is 4.49. The molecule has 1 aliphatic rings. The van der Waals surface area contributed by atoms with E-state index in [-0.39, 0.29) is 0 Å². The van der Waals surface area contributed by atoms with Crippen molar-refractivity contribution in [3.8, 4) is 11.4 Å². The Bertz CT molecular complexity index is 491. The van der Waals surface area contributed by atoms with Crippen LogP contribution >= 0.6 is 0 Å². The molecule has 2 aromatic heterocycles. The van der Waals surface area contributed by atoms with Gasteiger partial charge in [0.05, 0.1) is 18.0 Å². The summed E-state index contributed by atoms with van der Waals surface area (Å²) in [5, 5.41) is 10.6. The van der Waals surface area contributed by atoms with Crippen LogP contribution < -0.4 is 5.32 Å². The Labute approximate surface area is 106 Å². The average molecular weight is 244 g/mol. The Hall–Kier alpha value is -1.88. The molecule has 2 N–H and O–H groups in total. The van der Waals surface area contributed by atoms with Gasteiger partial charge in [-0.25, -0.2) is 0 Å². The summed E-state index contributed by atoms with van der Waals surface area (Å²) in [5.41, 5.74) is 1.84. The Morgan fingerprint density at radius 3 is 3.22 bits per heavy atom. The summed E-state index contributed by atoms with van der Waals surface area (Å²) in [5.74, 6) is 1.46. The molecular formula is C13H16N4O. The predicted octanol–water partition coefficient (Wildman–Crippen LogP) is 1.92. The summed E-state index contributed by atoms with van der Waals surface area (Å²) in [4.78, 5) is 4.28. The van der Waals surface area contributed by atoms with Crippen molar-refractivity contribution in [2.24, 2.45) is 5.92 Å². The molecule has 0 aromatic carbocycles. The molecule has 5 nitrogen and oxygen atoms in total. The zero-order valence-corrected chi connectivity index (χ0v) is 10.1. The molecule has 0 amide bonds. The van der Waals surface area contributed by atoms with Crippen molar-refractivity contribution in [3.63, 3.8) is 0 Å². The summed E-state index contributed by atoms with van der Waals surface area (Å²) < 4.78 is 5.34. The first-order valence-electron chi connectivity index (χ1n) is 6.20. The van der Waals surface area contributed by atoms with Gasteiger partial charge in [0.2, 0.25) is 0 Å². The molecule has 0 unspecified atom stereocenters. The lowest BCUT2D eigenvalue weighted by Gasteiger charge is -2.07. The van der Waals surface area contributed by atoms with Crippen LogP contribution in [0.15, 0.2) is 30.5 Å². The number of hydrogen-bond donors (Lipinski definition) is 2. The standard InChI is InChI=1S/C13H16N4O/c1-2-5-14-11(3-1)12-7-13(17-16-12)15-8-10-4-6-18-9-10/h1-3,5,7,10H,4,6,8-9H2,(H2,15,16,17)/t10-/m0/s1. The topological polar surface area (TPSA) is 62.8 Å². The minimum atomic E-state index is 0.597. The van der Waals surface area contributed by atoms with Gasteiger partial charge in [-0.3, -0.25) is 10.1 Å². The van der Waals surface area contributed by atoms with E-state index < -0.39 is 0 Å². The molecule has 1 atom stereocenters. The van der Waals surface area contributed by atoms with Crippen LogP contribution in [0.3, 0.4) is 0 Å². The second kappa shape index (κ2) is 5.18. The minimum absolute atomic E-state index is 0.597. The Morgan fingerprint density at radius 2 is 2.44 bits per heavy atom. The summed E-state index contributed by atoms with van der Waals surface area (Å²) in [7, 11) is 0. The monoisotopic (exact) mass is 244 g/mol. The third kappa shape index (κ3) is 2.51. The lowest BCUT2D eigenvalue weighted by atomic mass is 10.1.